The number of nitrogens with zero attached hydrogens (tertiary/aromatic N) is 1. The molecule has 2 fully saturated rings. The van der Waals surface area contributed by atoms with Crippen molar-refractivity contribution in [3.05, 3.63) is 0 Å². The quantitative estimate of drug-likeness (QED) is 0.856. The zero-order valence-corrected chi connectivity index (χ0v) is 13.8. The zero-order valence-electron chi connectivity index (χ0n) is 13.8. The number of carbonyl (C=O) groups excluding carboxylic acids is 1. The van der Waals surface area contributed by atoms with Crippen molar-refractivity contribution in [2.75, 3.05) is 13.6 Å². The van der Waals surface area contributed by atoms with Crippen molar-refractivity contribution in [1.82, 2.24) is 10.2 Å². The summed E-state index contributed by atoms with van der Waals surface area (Å²) < 4.78 is 0. The van der Waals surface area contributed by atoms with Crippen molar-refractivity contribution >= 4 is 5.91 Å². The maximum Gasteiger partial charge on any atom is 0.242 e. The molecule has 0 spiro atoms. The maximum atomic E-state index is 13.0. The molecular formula is C17H32N2O. The topological polar surface area (TPSA) is 32.3 Å². The highest BCUT2D eigenvalue weighted by atomic mass is 16.2. The Morgan fingerprint density at radius 2 is 1.90 bits per heavy atom. The van der Waals surface area contributed by atoms with E-state index in [0.29, 0.717) is 17.4 Å². The van der Waals surface area contributed by atoms with Gasteiger partial charge in [-0.3, -0.25) is 4.79 Å². The molecule has 1 unspecified atom stereocenters. The molecule has 0 radical (unpaired) electrons. The number of hydrogen-bond donors (Lipinski definition) is 1. The fraction of sp³-hybridized carbons (Fsp3) is 0.941. The molecule has 2 aliphatic rings. The third-order valence-electron chi connectivity index (χ3n) is 5.51. The molecule has 116 valence electrons. The van der Waals surface area contributed by atoms with Crippen molar-refractivity contribution in [3.63, 3.8) is 0 Å². The molecule has 1 N–H and O–H groups in total. The van der Waals surface area contributed by atoms with E-state index < -0.39 is 0 Å². The van der Waals surface area contributed by atoms with E-state index in [1.54, 1.807) is 0 Å². The van der Waals surface area contributed by atoms with Gasteiger partial charge in [0.05, 0.1) is 5.54 Å². The second-order valence-electron chi connectivity index (χ2n) is 7.67. The predicted molar refractivity (Wildman–Crippen MR) is 83.7 cm³/mol. The van der Waals surface area contributed by atoms with Gasteiger partial charge in [0.1, 0.15) is 0 Å². The molecule has 0 aromatic rings. The summed E-state index contributed by atoms with van der Waals surface area (Å²) in [7, 11) is 2.03. The Labute approximate surface area is 124 Å². The second-order valence-corrected chi connectivity index (χ2v) is 7.67. The Balaban J connectivity index is 2.01. The van der Waals surface area contributed by atoms with E-state index in [9.17, 15) is 4.79 Å². The molecular weight excluding hydrogens is 248 g/mol. The van der Waals surface area contributed by atoms with Gasteiger partial charge in [-0.2, -0.15) is 0 Å². The Bertz CT molecular complexity index is 335. The Morgan fingerprint density at radius 3 is 2.40 bits per heavy atom. The van der Waals surface area contributed by atoms with Crippen LogP contribution in [0.15, 0.2) is 0 Å². The van der Waals surface area contributed by atoms with Crippen molar-refractivity contribution in [2.24, 2.45) is 5.41 Å². The molecule has 1 atom stereocenters. The fourth-order valence-corrected chi connectivity index (χ4v) is 4.01. The monoisotopic (exact) mass is 280 g/mol. The molecule has 20 heavy (non-hydrogen) atoms. The lowest BCUT2D eigenvalue weighted by Crippen LogP contribution is -2.56. The summed E-state index contributed by atoms with van der Waals surface area (Å²) in [5.74, 6) is 0.349. The van der Waals surface area contributed by atoms with Crippen molar-refractivity contribution in [3.8, 4) is 0 Å². The molecule has 0 aromatic carbocycles. The van der Waals surface area contributed by atoms with Gasteiger partial charge in [0.2, 0.25) is 5.91 Å². The predicted octanol–water partition coefficient (Wildman–Crippen LogP) is 3.34. The minimum absolute atomic E-state index is 0.254. The first kappa shape index (κ1) is 15.8. The number of nitrogens with one attached hydrogen (secondary N) is 1. The molecule has 1 amide bonds. The Hall–Kier alpha value is -0.570. The molecule has 3 nitrogen and oxygen atoms in total. The third-order valence-corrected chi connectivity index (χ3v) is 5.51. The van der Waals surface area contributed by atoms with E-state index in [1.165, 1.54) is 12.8 Å². The van der Waals surface area contributed by atoms with Crippen molar-refractivity contribution in [1.29, 1.82) is 0 Å². The second kappa shape index (κ2) is 6.05. The Morgan fingerprint density at radius 1 is 1.25 bits per heavy atom. The van der Waals surface area contributed by atoms with Crippen molar-refractivity contribution < 1.29 is 4.79 Å². The van der Waals surface area contributed by atoms with Crippen LogP contribution in [0.2, 0.25) is 0 Å². The summed E-state index contributed by atoms with van der Waals surface area (Å²) in [5, 5.41) is 3.52. The van der Waals surface area contributed by atoms with Crippen LogP contribution in [0.3, 0.4) is 0 Å². The SMILES string of the molecule is CCCC1(C(=O)N(C)C2CCC(C)(C)CC2)CCCN1. The fourth-order valence-electron chi connectivity index (χ4n) is 4.01. The number of likely N-dealkylation sites (N-methyl/N-ethyl adjacent to an activating group) is 1. The van der Waals surface area contributed by atoms with Crippen LogP contribution in [-0.2, 0) is 4.79 Å². The molecule has 2 rings (SSSR count). The maximum absolute atomic E-state index is 13.0. The first-order valence-corrected chi connectivity index (χ1v) is 8.42. The van der Waals surface area contributed by atoms with Gasteiger partial charge in [0.25, 0.3) is 0 Å². The highest BCUT2D eigenvalue weighted by molar-refractivity contribution is 5.86. The van der Waals surface area contributed by atoms with Gasteiger partial charge in [-0.15, -0.1) is 0 Å². The van der Waals surface area contributed by atoms with E-state index in [0.717, 1.165) is 45.1 Å². The minimum Gasteiger partial charge on any atom is -0.341 e. The number of carbonyl (C=O) groups is 1. The smallest absolute Gasteiger partial charge is 0.242 e. The lowest BCUT2D eigenvalue weighted by Gasteiger charge is -2.42. The molecule has 3 heteroatoms. The molecule has 0 bridgehead atoms. The largest absolute Gasteiger partial charge is 0.341 e. The lowest BCUT2D eigenvalue weighted by atomic mass is 9.75. The Kier molecular flexibility index (Phi) is 4.78. The molecule has 0 aromatic heterocycles. The van der Waals surface area contributed by atoms with Crippen LogP contribution in [0.25, 0.3) is 0 Å². The lowest BCUT2D eigenvalue weighted by molar-refractivity contribution is -0.140. The van der Waals surface area contributed by atoms with Gasteiger partial charge in [-0.1, -0.05) is 27.2 Å². The van der Waals surface area contributed by atoms with E-state index in [-0.39, 0.29) is 5.54 Å². The summed E-state index contributed by atoms with van der Waals surface area (Å²) >= 11 is 0. The molecule has 1 heterocycles. The number of hydrogen-bond acceptors (Lipinski definition) is 2. The van der Waals surface area contributed by atoms with E-state index in [1.807, 2.05) is 7.05 Å². The standard InChI is InChI=1S/C17H32N2O/c1-5-9-17(10-6-13-18-17)15(20)19(4)14-7-11-16(2,3)12-8-14/h14,18H,5-13H2,1-4H3. The number of amides is 1. The van der Waals surface area contributed by atoms with Crippen LogP contribution in [0.5, 0.6) is 0 Å². The third kappa shape index (κ3) is 3.19. The summed E-state index contributed by atoms with van der Waals surface area (Å²) in [6.07, 6.45) is 9.01. The molecule has 1 aliphatic carbocycles. The first-order valence-electron chi connectivity index (χ1n) is 8.42. The van der Waals surface area contributed by atoms with Gasteiger partial charge in [0, 0.05) is 13.1 Å². The molecule has 1 saturated carbocycles. The van der Waals surface area contributed by atoms with Crippen LogP contribution in [0.4, 0.5) is 0 Å². The molecule has 1 aliphatic heterocycles. The average Bonchev–Trinajstić information content (AvgIpc) is 2.87. The van der Waals surface area contributed by atoms with Gasteiger partial charge in [-0.25, -0.2) is 0 Å². The van der Waals surface area contributed by atoms with E-state index in [2.05, 4.69) is 31.0 Å². The van der Waals surface area contributed by atoms with Crippen molar-refractivity contribution in [2.45, 2.75) is 83.7 Å². The summed E-state index contributed by atoms with van der Waals surface area (Å²) in [4.78, 5) is 15.1. The van der Waals surface area contributed by atoms with Gasteiger partial charge in [0.15, 0.2) is 0 Å². The summed E-state index contributed by atoms with van der Waals surface area (Å²) in [6, 6.07) is 0.451. The normalized spacial score (nSPS) is 30.4. The van der Waals surface area contributed by atoms with Crippen LogP contribution in [-0.4, -0.2) is 36.0 Å². The zero-order chi connectivity index (χ0) is 14.8. The highest BCUT2D eigenvalue weighted by Gasteiger charge is 2.43. The van der Waals surface area contributed by atoms with E-state index in [4.69, 9.17) is 0 Å². The van der Waals surface area contributed by atoms with Gasteiger partial charge >= 0.3 is 0 Å². The van der Waals surface area contributed by atoms with E-state index >= 15 is 0 Å². The van der Waals surface area contributed by atoms with Crippen LogP contribution in [0.1, 0.15) is 72.1 Å². The van der Waals surface area contributed by atoms with Crippen LogP contribution < -0.4 is 5.32 Å². The number of rotatable bonds is 4. The van der Waals surface area contributed by atoms with Gasteiger partial charge < -0.3 is 10.2 Å². The summed E-state index contributed by atoms with van der Waals surface area (Å²) in [5.41, 5.74) is 0.212. The highest BCUT2D eigenvalue weighted by Crippen LogP contribution is 2.37. The summed E-state index contributed by atoms with van der Waals surface area (Å²) in [6.45, 7) is 7.87. The van der Waals surface area contributed by atoms with Crippen LogP contribution >= 0.6 is 0 Å². The average molecular weight is 280 g/mol. The van der Waals surface area contributed by atoms with Gasteiger partial charge in [-0.05, 0) is 56.9 Å². The van der Waals surface area contributed by atoms with Crippen LogP contribution in [0, 0.1) is 5.41 Å². The first-order chi connectivity index (χ1) is 9.40. The molecule has 1 saturated heterocycles. The minimum atomic E-state index is -0.254.